The van der Waals surface area contributed by atoms with E-state index in [0.29, 0.717) is 19.4 Å². The van der Waals surface area contributed by atoms with Gasteiger partial charge in [-0.05, 0) is 49.0 Å². The zero-order valence-corrected chi connectivity index (χ0v) is 21.7. The minimum atomic E-state index is -0.870. The number of nitrogens with zero attached hydrogens (tertiary/aromatic N) is 1. The highest BCUT2D eigenvalue weighted by Gasteiger charge is 2.66. The molecule has 37 heavy (non-hydrogen) atoms. The molecule has 1 N–H and O–H groups in total. The summed E-state index contributed by atoms with van der Waals surface area (Å²) < 4.78 is 10.0. The Morgan fingerprint density at radius 3 is 2.41 bits per heavy atom. The maximum absolute atomic E-state index is 13.8. The van der Waals surface area contributed by atoms with E-state index in [1.54, 1.807) is 6.92 Å². The summed E-state index contributed by atoms with van der Waals surface area (Å²) in [5.74, 6) is -0.638. The lowest BCUT2D eigenvalue weighted by Gasteiger charge is -2.52. The van der Waals surface area contributed by atoms with Crippen molar-refractivity contribution in [3.8, 4) is 0 Å². The first-order valence-electron chi connectivity index (χ1n) is 12.9. The summed E-state index contributed by atoms with van der Waals surface area (Å²) in [6.45, 7) is 3.12. The van der Waals surface area contributed by atoms with Gasteiger partial charge in [0.15, 0.2) is 0 Å². The molecule has 0 bridgehead atoms. The molecular formula is C30H34N2O5. The first-order chi connectivity index (χ1) is 17.9. The van der Waals surface area contributed by atoms with E-state index in [0.717, 1.165) is 35.5 Å². The molecule has 5 rings (SSSR count). The van der Waals surface area contributed by atoms with Gasteiger partial charge in [0.05, 0.1) is 26.1 Å². The van der Waals surface area contributed by atoms with E-state index in [2.05, 4.69) is 34.5 Å². The minimum Gasteiger partial charge on any atom is -0.469 e. The van der Waals surface area contributed by atoms with Gasteiger partial charge in [0, 0.05) is 42.4 Å². The van der Waals surface area contributed by atoms with Gasteiger partial charge in [-0.25, -0.2) is 0 Å². The van der Waals surface area contributed by atoms with Crippen LogP contribution in [0.2, 0.25) is 0 Å². The molecule has 0 saturated carbocycles. The van der Waals surface area contributed by atoms with Crippen LogP contribution in [0.3, 0.4) is 0 Å². The van der Waals surface area contributed by atoms with Crippen LogP contribution in [0.5, 0.6) is 0 Å². The van der Waals surface area contributed by atoms with Crippen LogP contribution >= 0.6 is 0 Å². The van der Waals surface area contributed by atoms with Crippen LogP contribution in [-0.2, 0) is 35.8 Å². The summed E-state index contributed by atoms with van der Waals surface area (Å²) in [5, 5.41) is 3.66. The van der Waals surface area contributed by atoms with Crippen molar-refractivity contribution in [1.29, 1.82) is 0 Å². The number of carbonyl (C=O) groups is 3. The SMILES string of the molecule is COC(=O)CC[C@]1(C(C)=O)CC(CC(=O)OC)=C2Nc3ccccc3[C@@]23CCN(Cc2ccccc2)[C@@H]13. The standard InChI is InChI=1S/C30H34N2O5/c1-20(33)29(14-13-25(34)36-2)18-22(17-26(35)37-3)27-30(23-11-7-8-12-24(23)31-27)15-16-32(28(29)30)19-21-9-5-4-6-10-21/h4-12,28,31H,13-19H2,1-3H3/t28-,29+,30-/m0/s1. The monoisotopic (exact) mass is 502 g/mol. The van der Waals surface area contributed by atoms with Gasteiger partial charge in [-0.3, -0.25) is 19.3 Å². The predicted octanol–water partition coefficient (Wildman–Crippen LogP) is 4.37. The molecule has 3 aliphatic rings. The number of methoxy groups -OCH3 is 2. The molecule has 1 aliphatic carbocycles. The molecule has 0 radical (unpaired) electrons. The molecule has 0 amide bonds. The van der Waals surface area contributed by atoms with E-state index in [4.69, 9.17) is 9.47 Å². The number of para-hydroxylation sites is 1. The fourth-order valence-corrected chi connectivity index (χ4v) is 7.12. The molecule has 7 heteroatoms. The number of Topliss-reactive ketones (excluding diaryl/α,β-unsaturated/α-hetero) is 1. The lowest BCUT2D eigenvalue weighted by Crippen LogP contribution is -2.59. The van der Waals surface area contributed by atoms with Crippen LogP contribution < -0.4 is 5.32 Å². The summed E-state index contributed by atoms with van der Waals surface area (Å²) in [7, 11) is 2.76. The Hall–Kier alpha value is -3.45. The Labute approximate surface area is 217 Å². The van der Waals surface area contributed by atoms with Gasteiger partial charge in [-0.2, -0.15) is 0 Å². The third-order valence-electron chi connectivity index (χ3n) is 8.66. The van der Waals surface area contributed by atoms with Crippen molar-refractivity contribution < 1.29 is 23.9 Å². The molecule has 1 saturated heterocycles. The fraction of sp³-hybridized carbons (Fsp3) is 0.433. The van der Waals surface area contributed by atoms with Gasteiger partial charge in [0.2, 0.25) is 0 Å². The Morgan fingerprint density at radius 1 is 1.00 bits per heavy atom. The van der Waals surface area contributed by atoms with E-state index < -0.39 is 10.8 Å². The van der Waals surface area contributed by atoms with Crippen LogP contribution in [0.15, 0.2) is 65.9 Å². The quantitative estimate of drug-likeness (QED) is 0.537. The number of ketones is 1. The van der Waals surface area contributed by atoms with Crippen LogP contribution in [0.25, 0.3) is 0 Å². The number of hydrogen-bond donors (Lipinski definition) is 1. The molecule has 2 heterocycles. The van der Waals surface area contributed by atoms with E-state index in [1.807, 2.05) is 30.3 Å². The van der Waals surface area contributed by atoms with Crippen LogP contribution in [-0.4, -0.2) is 49.4 Å². The smallest absolute Gasteiger partial charge is 0.309 e. The second kappa shape index (κ2) is 9.78. The molecule has 194 valence electrons. The van der Waals surface area contributed by atoms with E-state index in [1.165, 1.54) is 19.8 Å². The highest BCUT2D eigenvalue weighted by atomic mass is 16.5. The van der Waals surface area contributed by atoms with Gasteiger partial charge in [-0.1, -0.05) is 48.5 Å². The number of ether oxygens (including phenoxy) is 2. The minimum absolute atomic E-state index is 0.0338. The number of carbonyl (C=O) groups excluding carboxylic acids is 3. The normalized spacial score (nSPS) is 26.1. The fourth-order valence-electron chi connectivity index (χ4n) is 7.12. The average molecular weight is 503 g/mol. The molecule has 1 fully saturated rings. The van der Waals surface area contributed by atoms with Crippen molar-refractivity contribution in [2.45, 2.75) is 57.0 Å². The molecule has 2 aromatic carbocycles. The molecule has 1 spiro atoms. The molecule has 0 unspecified atom stereocenters. The number of fused-ring (bicyclic) bond motifs is 1. The van der Waals surface area contributed by atoms with Crippen molar-refractivity contribution in [3.63, 3.8) is 0 Å². The summed E-state index contributed by atoms with van der Waals surface area (Å²) in [5.41, 5.74) is 3.89. The van der Waals surface area contributed by atoms with Gasteiger partial charge in [0.25, 0.3) is 0 Å². The zero-order valence-electron chi connectivity index (χ0n) is 21.7. The average Bonchev–Trinajstić information content (AvgIpc) is 3.46. The first kappa shape index (κ1) is 25.2. The number of likely N-dealkylation sites (tertiary alicyclic amines) is 1. The van der Waals surface area contributed by atoms with E-state index in [-0.39, 0.29) is 36.6 Å². The molecule has 0 aromatic heterocycles. The number of anilines is 1. The number of rotatable bonds is 8. The highest BCUT2D eigenvalue weighted by Crippen LogP contribution is 2.64. The zero-order chi connectivity index (χ0) is 26.2. The second-order valence-corrected chi connectivity index (χ2v) is 10.4. The topological polar surface area (TPSA) is 84.9 Å². The Balaban J connectivity index is 1.72. The maximum atomic E-state index is 13.8. The van der Waals surface area contributed by atoms with Crippen molar-refractivity contribution in [2.24, 2.45) is 5.41 Å². The van der Waals surface area contributed by atoms with E-state index in [9.17, 15) is 14.4 Å². The first-order valence-corrected chi connectivity index (χ1v) is 12.9. The van der Waals surface area contributed by atoms with Crippen LogP contribution in [0.4, 0.5) is 5.69 Å². The predicted molar refractivity (Wildman–Crippen MR) is 140 cm³/mol. The van der Waals surface area contributed by atoms with Gasteiger partial charge < -0.3 is 14.8 Å². The second-order valence-electron chi connectivity index (χ2n) is 10.4. The molecular weight excluding hydrogens is 468 g/mol. The van der Waals surface area contributed by atoms with Crippen molar-refractivity contribution >= 4 is 23.4 Å². The van der Waals surface area contributed by atoms with Gasteiger partial charge in [0.1, 0.15) is 5.78 Å². The Morgan fingerprint density at radius 2 is 1.70 bits per heavy atom. The lowest BCUT2D eigenvalue weighted by molar-refractivity contribution is -0.144. The molecule has 2 aliphatic heterocycles. The third kappa shape index (κ3) is 4.06. The summed E-state index contributed by atoms with van der Waals surface area (Å²) >= 11 is 0. The Bertz CT molecular complexity index is 1260. The van der Waals surface area contributed by atoms with Crippen molar-refractivity contribution in [1.82, 2.24) is 4.90 Å². The number of benzene rings is 2. The van der Waals surface area contributed by atoms with E-state index >= 15 is 0 Å². The summed E-state index contributed by atoms with van der Waals surface area (Å²) in [6, 6.07) is 18.3. The molecule has 2 aromatic rings. The summed E-state index contributed by atoms with van der Waals surface area (Å²) in [6.07, 6.45) is 1.79. The molecule has 7 nitrogen and oxygen atoms in total. The number of nitrogens with one attached hydrogen (secondary N) is 1. The number of hydrogen-bond acceptors (Lipinski definition) is 7. The van der Waals surface area contributed by atoms with Crippen molar-refractivity contribution in [2.75, 3.05) is 26.1 Å². The maximum Gasteiger partial charge on any atom is 0.309 e. The third-order valence-corrected chi connectivity index (χ3v) is 8.66. The van der Waals surface area contributed by atoms with Crippen molar-refractivity contribution in [3.05, 3.63) is 77.0 Å². The van der Waals surface area contributed by atoms with Crippen LogP contribution in [0, 0.1) is 5.41 Å². The van der Waals surface area contributed by atoms with Gasteiger partial charge >= 0.3 is 11.9 Å². The summed E-state index contributed by atoms with van der Waals surface area (Å²) in [4.78, 5) is 41.2. The Kier molecular flexibility index (Phi) is 6.67. The van der Waals surface area contributed by atoms with Gasteiger partial charge in [-0.15, -0.1) is 0 Å². The largest absolute Gasteiger partial charge is 0.469 e. The lowest BCUT2D eigenvalue weighted by atomic mass is 9.54. The highest BCUT2D eigenvalue weighted by molar-refractivity contribution is 5.88. The van der Waals surface area contributed by atoms with Crippen LogP contribution in [0.1, 0.15) is 50.2 Å². The molecule has 3 atom stereocenters. The number of esters is 2.